The lowest BCUT2D eigenvalue weighted by atomic mass is 10.1. The first-order valence-electron chi connectivity index (χ1n) is 6.77. The lowest BCUT2D eigenvalue weighted by Crippen LogP contribution is -2.15. The molecule has 0 spiro atoms. The Bertz CT molecular complexity index is 719. The Morgan fingerprint density at radius 3 is 2.52 bits per heavy atom. The number of hydrogen-bond acceptors (Lipinski definition) is 3. The van der Waals surface area contributed by atoms with E-state index in [1.807, 2.05) is 54.6 Å². The molecule has 1 heterocycles. The molecule has 2 aromatic carbocycles. The summed E-state index contributed by atoms with van der Waals surface area (Å²) >= 11 is 1.53. The summed E-state index contributed by atoms with van der Waals surface area (Å²) in [6, 6.07) is 17.7. The first-order chi connectivity index (χ1) is 10.3. The lowest BCUT2D eigenvalue weighted by Gasteiger charge is -2.12. The highest BCUT2D eigenvalue weighted by Crippen LogP contribution is 2.42. The summed E-state index contributed by atoms with van der Waals surface area (Å²) in [7, 11) is 0. The van der Waals surface area contributed by atoms with Crippen molar-refractivity contribution in [2.45, 2.75) is 4.90 Å². The van der Waals surface area contributed by atoms with Crippen molar-refractivity contribution in [3.63, 3.8) is 0 Å². The highest BCUT2D eigenvalue weighted by Gasteiger charge is 2.28. The fourth-order valence-electron chi connectivity index (χ4n) is 2.28. The van der Waals surface area contributed by atoms with Crippen molar-refractivity contribution in [2.24, 2.45) is 0 Å². The maximum atomic E-state index is 12.6. The molecule has 2 aromatic rings. The number of benzene rings is 2. The summed E-state index contributed by atoms with van der Waals surface area (Å²) in [4.78, 5) is 14.4. The van der Waals surface area contributed by atoms with Gasteiger partial charge in [0.2, 0.25) is 5.78 Å². The molecule has 0 aromatic heterocycles. The molecule has 0 amide bonds. The molecule has 1 aliphatic rings. The first kappa shape index (κ1) is 13.7. The zero-order chi connectivity index (χ0) is 14.7. The van der Waals surface area contributed by atoms with Gasteiger partial charge in [0, 0.05) is 17.0 Å². The molecule has 2 nitrogen and oxygen atoms in total. The third kappa shape index (κ3) is 2.65. The number of hydrogen-bond donors (Lipinski definition) is 1. The van der Waals surface area contributed by atoms with E-state index in [1.165, 1.54) is 11.8 Å². The minimum atomic E-state index is 0.0889. The van der Waals surface area contributed by atoms with Gasteiger partial charge in [0.1, 0.15) is 0 Å². The number of thioether (sulfide) groups is 1. The monoisotopic (exact) mass is 293 g/mol. The van der Waals surface area contributed by atoms with E-state index in [0.29, 0.717) is 6.54 Å². The van der Waals surface area contributed by atoms with Crippen molar-refractivity contribution in [2.75, 3.05) is 6.54 Å². The van der Waals surface area contributed by atoms with E-state index in [9.17, 15) is 4.79 Å². The molecule has 0 bridgehead atoms. The van der Waals surface area contributed by atoms with Crippen LogP contribution in [0.25, 0.3) is 5.70 Å². The molecule has 21 heavy (non-hydrogen) atoms. The summed E-state index contributed by atoms with van der Waals surface area (Å²) in [5.41, 5.74) is 2.68. The number of carbonyl (C=O) groups is 1. The number of fused-ring (bicyclic) bond motifs is 1. The summed E-state index contributed by atoms with van der Waals surface area (Å²) in [5.74, 6) is 0.0889. The quantitative estimate of drug-likeness (QED) is 0.679. The first-order valence-corrected chi connectivity index (χ1v) is 7.59. The fraction of sp³-hybridized carbons (Fsp3) is 0.0556. The topological polar surface area (TPSA) is 29.1 Å². The summed E-state index contributed by atoms with van der Waals surface area (Å²) in [6.45, 7) is 4.36. The van der Waals surface area contributed by atoms with Crippen molar-refractivity contribution in [3.8, 4) is 0 Å². The molecule has 0 saturated heterocycles. The number of ketones is 1. The fourth-order valence-corrected chi connectivity index (χ4v) is 3.41. The SMILES string of the molecule is C=CCNC(=C1Sc2ccccc2C1=O)c1ccccc1. The van der Waals surface area contributed by atoms with Crippen LogP contribution in [0.15, 0.2) is 77.1 Å². The molecular formula is C18H15NOS. The zero-order valence-corrected chi connectivity index (χ0v) is 12.3. The van der Waals surface area contributed by atoms with E-state index in [4.69, 9.17) is 0 Å². The van der Waals surface area contributed by atoms with E-state index in [-0.39, 0.29) is 5.78 Å². The molecular weight excluding hydrogens is 278 g/mol. The summed E-state index contributed by atoms with van der Waals surface area (Å²) in [5, 5.41) is 3.31. The highest BCUT2D eigenvalue weighted by molar-refractivity contribution is 8.05. The minimum absolute atomic E-state index is 0.0889. The van der Waals surface area contributed by atoms with Gasteiger partial charge in [-0.3, -0.25) is 4.79 Å². The molecule has 104 valence electrons. The zero-order valence-electron chi connectivity index (χ0n) is 11.5. The van der Waals surface area contributed by atoms with E-state index in [0.717, 1.165) is 26.6 Å². The van der Waals surface area contributed by atoms with Gasteiger partial charge in [-0.25, -0.2) is 0 Å². The van der Waals surface area contributed by atoms with Gasteiger partial charge in [0.25, 0.3) is 0 Å². The number of nitrogens with one attached hydrogen (secondary N) is 1. The van der Waals surface area contributed by atoms with Gasteiger partial charge in [-0.05, 0) is 17.7 Å². The number of carbonyl (C=O) groups excluding carboxylic acids is 1. The van der Waals surface area contributed by atoms with E-state index < -0.39 is 0 Å². The van der Waals surface area contributed by atoms with Gasteiger partial charge >= 0.3 is 0 Å². The summed E-state index contributed by atoms with van der Waals surface area (Å²) < 4.78 is 0. The van der Waals surface area contributed by atoms with Crippen LogP contribution in [-0.4, -0.2) is 12.3 Å². The van der Waals surface area contributed by atoms with Crippen molar-refractivity contribution in [1.82, 2.24) is 5.32 Å². The van der Waals surface area contributed by atoms with Crippen LogP contribution in [0.5, 0.6) is 0 Å². The maximum Gasteiger partial charge on any atom is 0.202 e. The molecule has 1 aliphatic heterocycles. The Morgan fingerprint density at radius 2 is 1.81 bits per heavy atom. The minimum Gasteiger partial charge on any atom is -0.380 e. The Balaban J connectivity index is 2.08. The Morgan fingerprint density at radius 1 is 1.10 bits per heavy atom. The van der Waals surface area contributed by atoms with Crippen LogP contribution in [0.1, 0.15) is 15.9 Å². The molecule has 1 N–H and O–H groups in total. The largest absolute Gasteiger partial charge is 0.380 e. The van der Waals surface area contributed by atoms with Crippen LogP contribution >= 0.6 is 11.8 Å². The van der Waals surface area contributed by atoms with Gasteiger partial charge < -0.3 is 5.32 Å². The van der Waals surface area contributed by atoms with Crippen LogP contribution in [-0.2, 0) is 0 Å². The Kier molecular flexibility index (Phi) is 3.93. The third-order valence-electron chi connectivity index (χ3n) is 3.26. The third-order valence-corrected chi connectivity index (χ3v) is 4.43. The Labute approximate surface area is 128 Å². The van der Waals surface area contributed by atoms with Crippen LogP contribution in [0.3, 0.4) is 0 Å². The second-order valence-electron chi connectivity index (χ2n) is 4.67. The number of Topliss-reactive ketones (excluding diaryl/α,β-unsaturated/α-hetero) is 1. The van der Waals surface area contributed by atoms with Crippen LogP contribution in [0.2, 0.25) is 0 Å². The van der Waals surface area contributed by atoms with Gasteiger partial charge in [-0.15, -0.1) is 6.58 Å². The van der Waals surface area contributed by atoms with Crippen molar-refractivity contribution in [1.29, 1.82) is 0 Å². The van der Waals surface area contributed by atoms with Crippen molar-refractivity contribution in [3.05, 3.63) is 83.3 Å². The molecule has 0 atom stereocenters. The predicted molar refractivity (Wildman–Crippen MR) is 88.2 cm³/mol. The molecule has 0 saturated carbocycles. The molecule has 0 radical (unpaired) electrons. The summed E-state index contributed by atoms with van der Waals surface area (Å²) in [6.07, 6.45) is 1.79. The van der Waals surface area contributed by atoms with Gasteiger partial charge in [-0.1, -0.05) is 60.3 Å². The molecule has 0 unspecified atom stereocenters. The molecule has 0 fully saturated rings. The normalized spacial score (nSPS) is 15.5. The lowest BCUT2D eigenvalue weighted by molar-refractivity contribution is 0.104. The highest BCUT2D eigenvalue weighted by atomic mass is 32.2. The van der Waals surface area contributed by atoms with Crippen LogP contribution < -0.4 is 5.32 Å². The number of allylic oxidation sites excluding steroid dienone is 1. The van der Waals surface area contributed by atoms with Gasteiger partial charge in [0.05, 0.1) is 10.6 Å². The predicted octanol–water partition coefficient (Wildman–Crippen LogP) is 4.12. The van der Waals surface area contributed by atoms with Crippen LogP contribution in [0, 0.1) is 0 Å². The van der Waals surface area contributed by atoms with Crippen molar-refractivity contribution < 1.29 is 4.79 Å². The maximum absolute atomic E-state index is 12.6. The molecule has 3 heteroatoms. The second kappa shape index (κ2) is 6.02. The standard InChI is InChI=1S/C18H15NOS/c1-2-12-19-16(13-8-4-3-5-9-13)18-17(20)14-10-6-7-11-15(14)21-18/h2-11,19H,1,12H2. The average molecular weight is 293 g/mol. The van der Waals surface area contributed by atoms with Crippen molar-refractivity contribution >= 4 is 23.2 Å². The number of rotatable bonds is 4. The van der Waals surface area contributed by atoms with Gasteiger partial charge in [0.15, 0.2) is 0 Å². The van der Waals surface area contributed by atoms with E-state index in [1.54, 1.807) is 6.08 Å². The Hall–Kier alpha value is -2.26. The van der Waals surface area contributed by atoms with Gasteiger partial charge in [-0.2, -0.15) is 0 Å². The van der Waals surface area contributed by atoms with Crippen LogP contribution in [0.4, 0.5) is 0 Å². The molecule has 3 rings (SSSR count). The van der Waals surface area contributed by atoms with E-state index in [2.05, 4.69) is 11.9 Å². The second-order valence-corrected chi connectivity index (χ2v) is 5.72. The van der Waals surface area contributed by atoms with E-state index >= 15 is 0 Å². The average Bonchev–Trinajstić information content (AvgIpc) is 2.86. The smallest absolute Gasteiger partial charge is 0.202 e. The molecule has 0 aliphatic carbocycles.